The highest BCUT2D eigenvalue weighted by Crippen LogP contribution is 2.33. The molecule has 0 saturated heterocycles. The van der Waals surface area contributed by atoms with Crippen LogP contribution in [0.5, 0.6) is 0 Å². The molecule has 5 heteroatoms. The molecule has 0 N–H and O–H groups in total. The monoisotopic (exact) mass is 212 g/mol. The highest BCUT2D eigenvalue weighted by atomic mass is 35.5. The highest BCUT2D eigenvalue weighted by Gasteiger charge is 2.27. The third kappa shape index (κ3) is 2.59. The van der Waals surface area contributed by atoms with E-state index in [-0.39, 0.29) is 5.56 Å². The molecule has 1 aromatic carbocycles. The van der Waals surface area contributed by atoms with Gasteiger partial charge in [-0.05, 0) is 11.6 Å². The first kappa shape index (κ1) is 10.3. The molecule has 0 fully saturated rings. The van der Waals surface area contributed by atoms with E-state index < -0.39 is 17.4 Å². The maximum Gasteiger partial charge on any atom is 0.348 e. The van der Waals surface area contributed by atoms with Gasteiger partial charge in [0.05, 0.1) is 0 Å². The van der Waals surface area contributed by atoms with Crippen LogP contribution in [-0.2, 0) is 5.38 Å². The maximum atomic E-state index is 12.4. The second kappa shape index (κ2) is 3.54. The van der Waals surface area contributed by atoms with Gasteiger partial charge in [-0.3, -0.25) is 0 Å². The molecule has 0 spiro atoms. The Morgan fingerprint density at radius 3 is 1.85 bits per heavy atom. The highest BCUT2D eigenvalue weighted by molar-refractivity contribution is 6.21. The van der Waals surface area contributed by atoms with Gasteiger partial charge in [0.2, 0.25) is 0 Å². The van der Waals surface area contributed by atoms with Crippen LogP contribution in [0.1, 0.15) is 17.6 Å². The molecule has 0 saturated carbocycles. The van der Waals surface area contributed by atoms with Gasteiger partial charge in [0, 0.05) is 11.1 Å². The second-order valence-corrected chi connectivity index (χ2v) is 2.90. The van der Waals surface area contributed by atoms with E-state index in [1.807, 2.05) is 0 Å². The SMILES string of the molecule is FC(F)c1ccc(C(F)(F)Cl)cc1. The zero-order chi connectivity index (χ0) is 10.1. The summed E-state index contributed by atoms with van der Waals surface area (Å²) in [5.74, 6) is 0. The van der Waals surface area contributed by atoms with E-state index in [2.05, 4.69) is 11.6 Å². The zero-order valence-corrected chi connectivity index (χ0v) is 7.03. The van der Waals surface area contributed by atoms with Gasteiger partial charge in [-0.25, -0.2) is 8.78 Å². The van der Waals surface area contributed by atoms with Crippen LogP contribution in [0.15, 0.2) is 24.3 Å². The standard InChI is InChI=1S/C8H5ClF4/c9-8(12,13)6-3-1-5(2-4-6)7(10)11/h1-4,7H. The Morgan fingerprint density at radius 1 is 1.08 bits per heavy atom. The van der Waals surface area contributed by atoms with E-state index in [1.54, 1.807) is 0 Å². The smallest absolute Gasteiger partial charge is 0.205 e. The number of hydrogen-bond acceptors (Lipinski definition) is 0. The Bertz CT molecular complexity index is 275. The van der Waals surface area contributed by atoms with Gasteiger partial charge in [0.25, 0.3) is 6.43 Å². The third-order valence-corrected chi connectivity index (χ3v) is 1.71. The third-order valence-electron chi connectivity index (χ3n) is 1.49. The summed E-state index contributed by atoms with van der Waals surface area (Å²) in [5.41, 5.74) is -0.789. The summed E-state index contributed by atoms with van der Waals surface area (Å²) < 4.78 is 48.7. The molecule has 1 rings (SSSR count). The lowest BCUT2D eigenvalue weighted by Crippen LogP contribution is -2.02. The van der Waals surface area contributed by atoms with Crippen LogP contribution in [0.4, 0.5) is 17.6 Å². The lowest BCUT2D eigenvalue weighted by Gasteiger charge is -2.08. The minimum atomic E-state index is -3.50. The van der Waals surface area contributed by atoms with E-state index in [0.29, 0.717) is 0 Å². The molecule has 0 amide bonds. The number of alkyl halides is 5. The minimum absolute atomic E-state index is 0.301. The number of hydrogen-bond donors (Lipinski definition) is 0. The predicted molar refractivity (Wildman–Crippen MR) is 41.1 cm³/mol. The van der Waals surface area contributed by atoms with Crippen molar-refractivity contribution in [2.24, 2.45) is 0 Å². The molecule has 1 aromatic rings. The van der Waals surface area contributed by atoms with Crippen molar-refractivity contribution in [3.8, 4) is 0 Å². The fourth-order valence-corrected chi connectivity index (χ4v) is 0.944. The summed E-state index contributed by atoms with van der Waals surface area (Å²) in [4.78, 5) is 0. The van der Waals surface area contributed by atoms with Gasteiger partial charge in [0.1, 0.15) is 0 Å². The fourth-order valence-electron chi connectivity index (χ4n) is 0.818. The predicted octanol–water partition coefficient (Wildman–Crippen LogP) is 3.91. The average Bonchev–Trinajstić information content (AvgIpc) is 2.03. The largest absolute Gasteiger partial charge is 0.348 e. The summed E-state index contributed by atoms with van der Waals surface area (Å²) in [7, 11) is 0. The van der Waals surface area contributed by atoms with Gasteiger partial charge in [-0.1, -0.05) is 24.3 Å². The summed E-state index contributed by atoms with van der Waals surface area (Å²) >= 11 is 4.67. The van der Waals surface area contributed by atoms with Crippen molar-refractivity contribution >= 4 is 11.6 Å². The topological polar surface area (TPSA) is 0 Å². The van der Waals surface area contributed by atoms with Gasteiger partial charge < -0.3 is 0 Å². The van der Waals surface area contributed by atoms with Crippen LogP contribution in [0.2, 0.25) is 0 Å². The van der Waals surface area contributed by atoms with Crippen LogP contribution < -0.4 is 0 Å². The van der Waals surface area contributed by atoms with Gasteiger partial charge in [-0.15, -0.1) is 0 Å². The van der Waals surface area contributed by atoms with Crippen LogP contribution in [0, 0.1) is 0 Å². The molecule has 0 aromatic heterocycles. The van der Waals surface area contributed by atoms with Crippen molar-refractivity contribution in [3.05, 3.63) is 35.4 Å². The molecule has 0 nitrogen and oxygen atoms in total. The fraction of sp³-hybridized carbons (Fsp3) is 0.250. The molecule has 0 atom stereocenters. The Balaban J connectivity index is 2.94. The maximum absolute atomic E-state index is 12.4. The molecule has 72 valence electrons. The lowest BCUT2D eigenvalue weighted by atomic mass is 10.1. The van der Waals surface area contributed by atoms with Gasteiger partial charge >= 0.3 is 5.38 Å². The molecule has 0 aliphatic rings. The Labute approximate surface area is 77.1 Å². The van der Waals surface area contributed by atoms with Crippen molar-refractivity contribution in [2.75, 3.05) is 0 Å². The molecule has 0 aliphatic heterocycles. The van der Waals surface area contributed by atoms with Crippen LogP contribution in [0.25, 0.3) is 0 Å². The normalized spacial score (nSPS) is 12.2. The van der Waals surface area contributed by atoms with E-state index in [0.717, 1.165) is 24.3 Å². The molecule has 13 heavy (non-hydrogen) atoms. The first-order valence-corrected chi connectivity index (χ1v) is 3.74. The summed E-state index contributed by atoms with van der Waals surface area (Å²) in [6.45, 7) is 0. The zero-order valence-electron chi connectivity index (χ0n) is 6.28. The molecule has 0 heterocycles. The van der Waals surface area contributed by atoms with Gasteiger partial charge in [0.15, 0.2) is 0 Å². The first-order chi connectivity index (χ1) is 5.91. The average molecular weight is 213 g/mol. The molecular weight excluding hydrogens is 208 g/mol. The van der Waals surface area contributed by atoms with E-state index in [1.165, 1.54) is 0 Å². The number of rotatable bonds is 2. The van der Waals surface area contributed by atoms with Crippen molar-refractivity contribution in [1.29, 1.82) is 0 Å². The van der Waals surface area contributed by atoms with E-state index in [9.17, 15) is 17.6 Å². The summed E-state index contributed by atoms with van der Waals surface area (Å²) in [6.07, 6.45) is -2.65. The van der Waals surface area contributed by atoms with E-state index in [4.69, 9.17) is 0 Å². The Kier molecular flexibility index (Phi) is 2.81. The minimum Gasteiger partial charge on any atom is -0.205 e. The summed E-state index contributed by atoms with van der Waals surface area (Å²) in [6, 6.07) is 3.62. The Morgan fingerprint density at radius 2 is 1.54 bits per heavy atom. The lowest BCUT2D eigenvalue weighted by molar-refractivity contribution is 0.0948. The number of benzene rings is 1. The molecule has 0 unspecified atom stereocenters. The molecule has 0 bridgehead atoms. The van der Waals surface area contributed by atoms with Crippen LogP contribution in [-0.4, -0.2) is 0 Å². The van der Waals surface area contributed by atoms with Crippen molar-refractivity contribution in [2.45, 2.75) is 11.8 Å². The van der Waals surface area contributed by atoms with Crippen LogP contribution in [0.3, 0.4) is 0 Å². The van der Waals surface area contributed by atoms with Crippen molar-refractivity contribution in [1.82, 2.24) is 0 Å². The molecule has 0 radical (unpaired) electrons. The van der Waals surface area contributed by atoms with Gasteiger partial charge in [-0.2, -0.15) is 8.78 Å². The number of halogens is 5. The van der Waals surface area contributed by atoms with Crippen molar-refractivity contribution < 1.29 is 17.6 Å². The van der Waals surface area contributed by atoms with E-state index >= 15 is 0 Å². The molecular formula is C8H5ClF4. The second-order valence-electron chi connectivity index (χ2n) is 2.42. The van der Waals surface area contributed by atoms with Crippen LogP contribution >= 0.6 is 11.6 Å². The van der Waals surface area contributed by atoms with Crippen molar-refractivity contribution in [3.63, 3.8) is 0 Å². The summed E-state index contributed by atoms with van der Waals surface area (Å²) in [5, 5.41) is -3.50. The molecule has 0 aliphatic carbocycles. The Hall–Kier alpha value is -0.770. The quantitative estimate of drug-likeness (QED) is 0.515. The first-order valence-electron chi connectivity index (χ1n) is 3.36.